The van der Waals surface area contributed by atoms with E-state index in [1.54, 1.807) is 17.0 Å². The molecular formula is C26H30N4O3S. The van der Waals surface area contributed by atoms with Crippen LogP contribution in [-0.2, 0) is 14.8 Å². The average molecular weight is 479 g/mol. The molecule has 0 bridgehead atoms. The zero-order valence-electron chi connectivity index (χ0n) is 19.2. The third kappa shape index (κ3) is 4.80. The van der Waals surface area contributed by atoms with Crippen LogP contribution in [0.15, 0.2) is 77.7 Å². The van der Waals surface area contributed by atoms with Gasteiger partial charge in [-0.3, -0.25) is 9.69 Å². The van der Waals surface area contributed by atoms with Crippen LogP contribution in [0.5, 0.6) is 0 Å². The molecule has 7 nitrogen and oxygen atoms in total. The summed E-state index contributed by atoms with van der Waals surface area (Å²) < 4.78 is 27.9. The molecule has 2 aliphatic rings. The molecule has 34 heavy (non-hydrogen) atoms. The molecule has 0 aromatic heterocycles. The first-order valence-corrected chi connectivity index (χ1v) is 13.2. The van der Waals surface area contributed by atoms with Gasteiger partial charge in [0.2, 0.25) is 15.9 Å². The van der Waals surface area contributed by atoms with Crippen molar-refractivity contribution in [3.05, 3.63) is 72.8 Å². The Kier molecular flexibility index (Phi) is 6.54. The summed E-state index contributed by atoms with van der Waals surface area (Å²) in [5.74, 6) is 0.0796. The summed E-state index contributed by atoms with van der Waals surface area (Å²) in [6.45, 7) is 5.37. The third-order valence-corrected chi connectivity index (χ3v) is 8.70. The predicted octanol–water partition coefficient (Wildman–Crippen LogP) is 2.49. The highest BCUT2D eigenvalue weighted by Crippen LogP contribution is 2.23. The number of para-hydroxylation sites is 1. The summed E-state index contributed by atoms with van der Waals surface area (Å²) >= 11 is 0. The van der Waals surface area contributed by atoms with Gasteiger partial charge >= 0.3 is 0 Å². The zero-order chi connectivity index (χ0) is 23.5. The second-order valence-electron chi connectivity index (χ2n) is 8.89. The largest absolute Gasteiger partial charge is 0.369 e. The van der Waals surface area contributed by atoms with E-state index in [-0.39, 0.29) is 5.91 Å². The fourth-order valence-corrected chi connectivity index (χ4v) is 6.21. The van der Waals surface area contributed by atoms with Crippen molar-refractivity contribution in [1.82, 2.24) is 14.1 Å². The van der Waals surface area contributed by atoms with E-state index in [0.717, 1.165) is 37.0 Å². The highest BCUT2D eigenvalue weighted by atomic mass is 32.2. The molecule has 2 saturated heterocycles. The number of sulfonamides is 1. The number of fused-ring (bicyclic) bond motifs is 1. The molecule has 0 unspecified atom stereocenters. The summed E-state index contributed by atoms with van der Waals surface area (Å²) in [6.07, 6.45) is 0. The lowest BCUT2D eigenvalue weighted by Gasteiger charge is -2.38. The van der Waals surface area contributed by atoms with Crippen LogP contribution in [0.1, 0.15) is 0 Å². The maximum absolute atomic E-state index is 13.2. The molecule has 2 aliphatic heterocycles. The van der Waals surface area contributed by atoms with E-state index in [1.165, 1.54) is 9.99 Å². The molecule has 3 aromatic carbocycles. The summed E-state index contributed by atoms with van der Waals surface area (Å²) in [7, 11) is -3.58. The highest BCUT2D eigenvalue weighted by Gasteiger charge is 2.31. The van der Waals surface area contributed by atoms with Gasteiger partial charge in [0.05, 0.1) is 11.4 Å². The van der Waals surface area contributed by atoms with Gasteiger partial charge in [0.1, 0.15) is 0 Å². The molecule has 0 aliphatic carbocycles. The fourth-order valence-electron chi connectivity index (χ4n) is 4.75. The van der Waals surface area contributed by atoms with E-state index >= 15 is 0 Å². The molecule has 2 heterocycles. The van der Waals surface area contributed by atoms with Crippen LogP contribution in [0.3, 0.4) is 0 Å². The van der Waals surface area contributed by atoms with Gasteiger partial charge in [-0.1, -0.05) is 48.5 Å². The van der Waals surface area contributed by atoms with E-state index < -0.39 is 10.0 Å². The number of hydrogen-bond donors (Lipinski definition) is 0. The second kappa shape index (κ2) is 9.74. The molecule has 0 radical (unpaired) electrons. The fraction of sp³-hybridized carbons (Fsp3) is 0.346. The van der Waals surface area contributed by atoms with Crippen LogP contribution < -0.4 is 4.90 Å². The van der Waals surface area contributed by atoms with E-state index in [1.807, 2.05) is 48.5 Å². The Hall–Kier alpha value is -2.94. The first-order chi connectivity index (χ1) is 16.5. The summed E-state index contributed by atoms with van der Waals surface area (Å²) in [6, 6.07) is 23.3. The van der Waals surface area contributed by atoms with Gasteiger partial charge in [-0.25, -0.2) is 8.42 Å². The van der Waals surface area contributed by atoms with Crippen molar-refractivity contribution in [2.75, 3.05) is 63.8 Å². The quantitative estimate of drug-likeness (QED) is 0.564. The van der Waals surface area contributed by atoms with Gasteiger partial charge in [-0.05, 0) is 35.0 Å². The molecule has 0 N–H and O–H groups in total. The molecule has 1 amide bonds. The Morgan fingerprint density at radius 1 is 0.706 bits per heavy atom. The van der Waals surface area contributed by atoms with Crippen LogP contribution in [0.2, 0.25) is 0 Å². The van der Waals surface area contributed by atoms with Crippen molar-refractivity contribution in [1.29, 1.82) is 0 Å². The zero-order valence-corrected chi connectivity index (χ0v) is 20.0. The molecule has 3 aromatic rings. The number of rotatable bonds is 5. The molecule has 5 rings (SSSR count). The number of carbonyl (C=O) groups excluding carboxylic acids is 1. The monoisotopic (exact) mass is 478 g/mol. The predicted molar refractivity (Wildman–Crippen MR) is 134 cm³/mol. The number of nitrogens with zero attached hydrogens (tertiary/aromatic N) is 4. The first-order valence-electron chi connectivity index (χ1n) is 11.8. The van der Waals surface area contributed by atoms with Crippen molar-refractivity contribution in [2.45, 2.75) is 4.90 Å². The minimum atomic E-state index is -3.58. The highest BCUT2D eigenvalue weighted by molar-refractivity contribution is 7.89. The standard InChI is InChI=1S/C26H30N4O3S/c31-26(21-27-12-14-28(15-13-27)24-8-2-1-3-9-24)29-16-18-30(19-17-29)34(32,33)25-11-10-22-6-4-5-7-23(22)20-25/h1-11,20H,12-19,21H2. The van der Waals surface area contributed by atoms with Crippen molar-refractivity contribution in [3.8, 4) is 0 Å². The summed E-state index contributed by atoms with van der Waals surface area (Å²) in [4.78, 5) is 19.5. The van der Waals surface area contributed by atoms with Gasteiger partial charge in [0, 0.05) is 58.0 Å². The lowest BCUT2D eigenvalue weighted by molar-refractivity contribution is -0.133. The van der Waals surface area contributed by atoms with Crippen LogP contribution in [0, 0.1) is 0 Å². The Balaban J connectivity index is 1.14. The lowest BCUT2D eigenvalue weighted by atomic mass is 10.1. The van der Waals surface area contributed by atoms with Gasteiger partial charge < -0.3 is 9.80 Å². The minimum Gasteiger partial charge on any atom is -0.369 e. The number of carbonyl (C=O) groups is 1. The molecular weight excluding hydrogens is 448 g/mol. The Morgan fingerprint density at radius 3 is 2.06 bits per heavy atom. The Labute approximate surface area is 201 Å². The molecule has 2 fully saturated rings. The molecule has 0 spiro atoms. The van der Waals surface area contributed by atoms with Crippen LogP contribution >= 0.6 is 0 Å². The summed E-state index contributed by atoms with van der Waals surface area (Å²) in [5, 5.41) is 1.92. The minimum absolute atomic E-state index is 0.0796. The van der Waals surface area contributed by atoms with E-state index in [4.69, 9.17) is 0 Å². The van der Waals surface area contributed by atoms with Crippen molar-refractivity contribution in [3.63, 3.8) is 0 Å². The SMILES string of the molecule is O=C(CN1CCN(c2ccccc2)CC1)N1CCN(S(=O)(=O)c2ccc3ccccc3c2)CC1. The van der Waals surface area contributed by atoms with Gasteiger partial charge in [0.15, 0.2) is 0 Å². The van der Waals surface area contributed by atoms with E-state index in [0.29, 0.717) is 37.6 Å². The molecule has 0 atom stereocenters. The summed E-state index contributed by atoms with van der Waals surface area (Å²) in [5.41, 5.74) is 1.22. The lowest BCUT2D eigenvalue weighted by Crippen LogP contribution is -2.54. The normalized spacial score (nSPS) is 18.4. The Bertz CT molecular complexity index is 1250. The smallest absolute Gasteiger partial charge is 0.243 e. The molecule has 0 saturated carbocycles. The van der Waals surface area contributed by atoms with E-state index in [9.17, 15) is 13.2 Å². The number of piperazine rings is 2. The Morgan fingerprint density at radius 2 is 1.35 bits per heavy atom. The average Bonchev–Trinajstić information content (AvgIpc) is 2.89. The first kappa shape index (κ1) is 22.8. The number of hydrogen-bond acceptors (Lipinski definition) is 5. The maximum atomic E-state index is 13.2. The number of benzene rings is 3. The topological polar surface area (TPSA) is 64.2 Å². The maximum Gasteiger partial charge on any atom is 0.243 e. The van der Waals surface area contributed by atoms with Crippen molar-refractivity contribution in [2.24, 2.45) is 0 Å². The molecule has 8 heteroatoms. The van der Waals surface area contributed by atoms with Gasteiger partial charge in [0.25, 0.3) is 0 Å². The number of amides is 1. The van der Waals surface area contributed by atoms with E-state index in [2.05, 4.69) is 21.9 Å². The van der Waals surface area contributed by atoms with Crippen molar-refractivity contribution >= 4 is 32.4 Å². The van der Waals surface area contributed by atoms with Gasteiger partial charge in [-0.2, -0.15) is 4.31 Å². The number of anilines is 1. The molecule has 178 valence electrons. The second-order valence-corrected chi connectivity index (χ2v) is 10.8. The van der Waals surface area contributed by atoms with Crippen LogP contribution in [0.25, 0.3) is 10.8 Å². The van der Waals surface area contributed by atoms with Crippen molar-refractivity contribution < 1.29 is 13.2 Å². The van der Waals surface area contributed by atoms with Crippen LogP contribution in [0.4, 0.5) is 5.69 Å². The third-order valence-electron chi connectivity index (χ3n) is 6.80. The van der Waals surface area contributed by atoms with Gasteiger partial charge in [-0.15, -0.1) is 0 Å². The van der Waals surface area contributed by atoms with Crippen LogP contribution in [-0.4, -0.2) is 87.3 Å².